The number of halogens is 3. The van der Waals surface area contributed by atoms with Crippen molar-refractivity contribution in [3.63, 3.8) is 0 Å². The molecule has 0 aromatic heterocycles. The first-order chi connectivity index (χ1) is 8.93. The van der Waals surface area contributed by atoms with Crippen LogP contribution in [0.15, 0.2) is 17.3 Å². The zero-order valence-corrected chi connectivity index (χ0v) is 10.5. The molecule has 0 amide bonds. The fraction of sp³-hybridized carbons (Fsp3) is 0.333. The quantitative estimate of drug-likeness (QED) is 0.385. The molecule has 0 saturated carbocycles. The molecule has 0 aliphatic rings. The summed E-state index contributed by atoms with van der Waals surface area (Å²) in [6.07, 6.45) is -1.03. The molecular weight excluding hydrogens is 263 g/mol. The van der Waals surface area contributed by atoms with Gasteiger partial charge in [-0.2, -0.15) is 0 Å². The van der Waals surface area contributed by atoms with Crippen LogP contribution in [-0.4, -0.2) is 22.0 Å². The van der Waals surface area contributed by atoms with Crippen molar-refractivity contribution in [1.29, 1.82) is 0 Å². The second kappa shape index (κ2) is 8.12. The highest BCUT2D eigenvalue weighted by atomic mass is 19.2. The first-order valence-electron chi connectivity index (χ1n) is 5.49. The summed E-state index contributed by atoms with van der Waals surface area (Å²) in [4.78, 5) is 10.3. The molecule has 4 nitrogen and oxygen atoms in total. The van der Waals surface area contributed by atoms with Crippen LogP contribution in [0.4, 0.5) is 13.2 Å². The van der Waals surface area contributed by atoms with Gasteiger partial charge in [0.05, 0.1) is 12.1 Å². The Morgan fingerprint density at radius 3 is 2.16 bits per heavy atom. The molecule has 1 aromatic carbocycles. The summed E-state index contributed by atoms with van der Waals surface area (Å²) in [6.45, 7) is 4.00. The summed E-state index contributed by atoms with van der Waals surface area (Å²) >= 11 is 0. The van der Waals surface area contributed by atoms with Gasteiger partial charge in [-0.1, -0.05) is 19.0 Å². The summed E-state index contributed by atoms with van der Waals surface area (Å²) in [5.41, 5.74) is -0.541. The highest BCUT2D eigenvalue weighted by Crippen LogP contribution is 2.15. The van der Waals surface area contributed by atoms with Crippen molar-refractivity contribution >= 4 is 11.7 Å². The van der Waals surface area contributed by atoms with Crippen LogP contribution in [0.5, 0.6) is 0 Å². The van der Waals surface area contributed by atoms with Gasteiger partial charge in [0.15, 0.2) is 11.6 Å². The molecule has 0 spiro atoms. The van der Waals surface area contributed by atoms with Crippen LogP contribution >= 0.6 is 0 Å². The number of carboxylic acid groups (broad SMARTS) is 1. The zero-order valence-electron chi connectivity index (χ0n) is 10.5. The molecular formula is C12H14F3NO3. The maximum atomic E-state index is 13.2. The van der Waals surface area contributed by atoms with E-state index in [9.17, 15) is 18.0 Å². The van der Waals surface area contributed by atoms with E-state index in [4.69, 9.17) is 10.3 Å². The Balaban J connectivity index is 0.00000154. The first kappa shape index (κ1) is 16.9. The normalized spacial score (nSPS) is 10.7. The molecule has 1 rings (SSSR count). The lowest BCUT2D eigenvalue weighted by molar-refractivity contribution is -0.135. The molecule has 0 unspecified atom stereocenters. The van der Waals surface area contributed by atoms with Gasteiger partial charge in [0.2, 0.25) is 0 Å². The average molecular weight is 277 g/mol. The number of carboxylic acids is 1. The highest BCUT2D eigenvalue weighted by molar-refractivity contribution is 5.99. The Labute approximate surface area is 108 Å². The van der Waals surface area contributed by atoms with Crippen LogP contribution < -0.4 is 0 Å². The lowest BCUT2D eigenvalue weighted by Crippen LogP contribution is -2.11. The smallest absolute Gasteiger partial charge is 0.309 e. The fourth-order valence-corrected chi connectivity index (χ4v) is 1.23. The minimum Gasteiger partial charge on any atom is -0.481 e. The molecule has 0 heterocycles. The summed E-state index contributed by atoms with van der Waals surface area (Å²) in [6, 6.07) is 0.943. The largest absolute Gasteiger partial charge is 0.481 e. The monoisotopic (exact) mass is 277 g/mol. The van der Waals surface area contributed by atoms with Crippen molar-refractivity contribution in [3.05, 3.63) is 35.1 Å². The van der Waals surface area contributed by atoms with E-state index in [-0.39, 0.29) is 11.3 Å². The first-order valence-corrected chi connectivity index (χ1v) is 5.49. The van der Waals surface area contributed by atoms with Crippen molar-refractivity contribution in [2.45, 2.75) is 26.7 Å². The maximum absolute atomic E-state index is 13.2. The van der Waals surface area contributed by atoms with E-state index < -0.39 is 36.3 Å². The molecule has 1 aromatic rings. The molecule has 0 bridgehead atoms. The van der Waals surface area contributed by atoms with Crippen molar-refractivity contribution in [3.8, 4) is 0 Å². The van der Waals surface area contributed by atoms with E-state index in [1.165, 1.54) is 0 Å². The van der Waals surface area contributed by atoms with E-state index >= 15 is 0 Å². The number of benzene rings is 1. The molecule has 7 heteroatoms. The Hall–Kier alpha value is -2.05. The molecule has 0 saturated heterocycles. The van der Waals surface area contributed by atoms with Crippen molar-refractivity contribution < 1.29 is 28.3 Å². The van der Waals surface area contributed by atoms with Gasteiger partial charge in [-0.05, 0) is 11.6 Å². The standard InChI is InChI=1S/C10H8F3NO3.C2H6/c11-7-4-9(13)8(12)2-5(7)1-6(14-17)3-10(15)16;1-2/h2,4,17H,1,3H2,(H,15,16);1-2H3/b14-6-;. The van der Waals surface area contributed by atoms with E-state index in [1.54, 1.807) is 0 Å². The number of carbonyl (C=O) groups is 1. The number of hydrogen-bond acceptors (Lipinski definition) is 3. The zero-order chi connectivity index (χ0) is 15.0. The van der Waals surface area contributed by atoms with Crippen LogP contribution in [0.2, 0.25) is 0 Å². The van der Waals surface area contributed by atoms with Gasteiger partial charge in [0, 0.05) is 12.5 Å². The second-order valence-corrected chi connectivity index (χ2v) is 3.27. The van der Waals surface area contributed by atoms with Gasteiger partial charge in [0.25, 0.3) is 0 Å². The Kier molecular flexibility index (Phi) is 7.25. The molecule has 106 valence electrons. The van der Waals surface area contributed by atoms with E-state index in [0.717, 1.165) is 0 Å². The third-order valence-electron chi connectivity index (χ3n) is 1.98. The van der Waals surface area contributed by atoms with Gasteiger partial charge in [0.1, 0.15) is 5.82 Å². The topological polar surface area (TPSA) is 69.9 Å². The summed E-state index contributed by atoms with van der Waals surface area (Å²) in [5.74, 6) is -4.91. The minimum atomic E-state index is -1.34. The lowest BCUT2D eigenvalue weighted by Gasteiger charge is -2.04. The third-order valence-corrected chi connectivity index (χ3v) is 1.98. The minimum absolute atomic E-state index is 0.262. The van der Waals surface area contributed by atoms with E-state index in [2.05, 4.69) is 5.16 Å². The van der Waals surface area contributed by atoms with Crippen LogP contribution in [0.1, 0.15) is 25.8 Å². The molecule has 2 N–H and O–H groups in total. The molecule has 0 aliphatic heterocycles. The predicted molar refractivity (Wildman–Crippen MR) is 62.8 cm³/mol. The van der Waals surface area contributed by atoms with Crippen molar-refractivity contribution in [2.24, 2.45) is 5.16 Å². The van der Waals surface area contributed by atoms with E-state index in [1.807, 2.05) is 13.8 Å². The highest BCUT2D eigenvalue weighted by Gasteiger charge is 2.14. The Bertz CT molecular complexity index is 476. The van der Waals surface area contributed by atoms with Gasteiger partial charge < -0.3 is 10.3 Å². The Morgan fingerprint density at radius 2 is 1.68 bits per heavy atom. The second-order valence-electron chi connectivity index (χ2n) is 3.27. The molecule has 0 aliphatic carbocycles. The predicted octanol–water partition coefficient (Wildman–Crippen LogP) is 2.98. The van der Waals surface area contributed by atoms with Gasteiger partial charge >= 0.3 is 5.97 Å². The summed E-state index contributed by atoms with van der Waals surface area (Å²) < 4.78 is 38.6. The average Bonchev–Trinajstić information content (AvgIpc) is 2.36. The van der Waals surface area contributed by atoms with Crippen molar-refractivity contribution in [1.82, 2.24) is 0 Å². The lowest BCUT2D eigenvalue weighted by atomic mass is 10.1. The van der Waals surface area contributed by atoms with Gasteiger partial charge in [-0.3, -0.25) is 4.79 Å². The van der Waals surface area contributed by atoms with Crippen LogP contribution in [-0.2, 0) is 11.2 Å². The SMILES string of the molecule is CC.O=C(O)C/C(Cc1cc(F)c(F)cc1F)=N\O. The maximum Gasteiger partial charge on any atom is 0.309 e. The molecule has 19 heavy (non-hydrogen) atoms. The van der Waals surface area contributed by atoms with Crippen LogP contribution in [0, 0.1) is 17.5 Å². The molecule has 0 fully saturated rings. The number of nitrogens with zero attached hydrogens (tertiary/aromatic N) is 1. The molecule has 0 radical (unpaired) electrons. The van der Waals surface area contributed by atoms with Gasteiger partial charge in [-0.25, -0.2) is 13.2 Å². The summed E-state index contributed by atoms with van der Waals surface area (Å²) in [7, 11) is 0. The number of hydrogen-bond donors (Lipinski definition) is 2. The fourth-order valence-electron chi connectivity index (χ4n) is 1.23. The van der Waals surface area contributed by atoms with Crippen molar-refractivity contribution in [2.75, 3.05) is 0 Å². The molecule has 0 atom stereocenters. The third kappa shape index (κ3) is 5.41. The van der Waals surface area contributed by atoms with Crippen LogP contribution in [0.3, 0.4) is 0 Å². The van der Waals surface area contributed by atoms with Crippen LogP contribution in [0.25, 0.3) is 0 Å². The Morgan fingerprint density at radius 1 is 1.16 bits per heavy atom. The number of oxime groups is 1. The van der Waals surface area contributed by atoms with Gasteiger partial charge in [-0.15, -0.1) is 0 Å². The van der Waals surface area contributed by atoms with E-state index in [0.29, 0.717) is 12.1 Å². The number of aliphatic carboxylic acids is 1. The number of rotatable bonds is 4. The summed E-state index contributed by atoms with van der Waals surface area (Å²) in [5, 5.41) is 19.6.